The zero-order valence-electron chi connectivity index (χ0n) is 16.5. The lowest BCUT2D eigenvalue weighted by Crippen LogP contribution is -2.29. The maximum Gasteiger partial charge on any atom is 0.274 e. The van der Waals surface area contributed by atoms with Crippen molar-refractivity contribution in [1.82, 2.24) is 9.55 Å². The van der Waals surface area contributed by atoms with Gasteiger partial charge in [0, 0.05) is 11.4 Å². The number of carbonyl (C=O) groups is 3. The average Bonchev–Trinajstić information content (AvgIpc) is 3.38. The lowest BCUT2D eigenvalue weighted by Gasteiger charge is -2.15. The summed E-state index contributed by atoms with van der Waals surface area (Å²) in [4.78, 5) is 43.5. The van der Waals surface area contributed by atoms with E-state index in [2.05, 4.69) is 10.3 Å². The number of carbonyl (C=O) groups excluding carboxylic acids is 3. The smallest absolute Gasteiger partial charge is 0.274 e. The standard InChI is InChI=1S/C24H15FN4O3/c25-15-8-10-17(11-9-15)28-14-26-13-21(28)22(30)27-16-4-3-5-18(12-16)29-23(31)19-6-1-2-7-20(19)24(29)32/h1-14H,(H,27,30). The summed E-state index contributed by atoms with van der Waals surface area (Å²) >= 11 is 0. The van der Waals surface area contributed by atoms with Crippen LogP contribution in [-0.4, -0.2) is 27.3 Å². The van der Waals surface area contributed by atoms with Gasteiger partial charge in [0.2, 0.25) is 0 Å². The minimum atomic E-state index is -0.452. The summed E-state index contributed by atoms with van der Waals surface area (Å²) in [6.45, 7) is 0. The normalized spacial score (nSPS) is 12.7. The first-order valence-electron chi connectivity index (χ1n) is 9.70. The lowest BCUT2D eigenvalue weighted by atomic mass is 10.1. The van der Waals surface area contributed by atoms with E-state index in [1.165, 1.54) is 41.4 Å². The molecule has 1 aliphatic heterocycles. The predicted molar refractivity (Wildman–Crippen MR) is 115 cm³/mol. The minimum Gasteiger partial charge on any atom is -0.321 e. The molecule has 0 unspecified atom stereocenters. The summed E-state index contributed by atoms with van der Waals surface area (Å²) in [6.07, 6.45) is 2.85. The van der Waals surface area contributed by atoms with Gasteiger partial charge >= 0.3 is 0 Å². The molecule has 0 aliphatic carbocycles. The molecule has 0 fully saturated rings. The van der Waals surface area contributed by atoms with Crippen molar-refractivity contribution >= 4 is 29.1 Å². The molecule has 1 aliphatic rings. The van der Waals surface area contributed by atoms with E-state index in [4.69, 9.17) is 0 Å². The Hall–Kier alpha value is -4.59. The molecule has 8 heteroatoms. The van der Waals surface area contributed by atoms with E-state index in [-0.39, 0.29) is 11.5 Å². The number of anilines is 2. The molecule has 5 rings (SSSR count). The number of fused-ring (bicyclic) bond motifs is 1. The van der Waals surface area contributed by atoms with Crippen LogP contribution in [0.3, 0.4) is 0 Å². The molecule has 7 nitrogen and oxygen atoms in total. The quantitative estimate of drug-likeness (QED) is 0.499. The zero-order chi connectivity index (χ0) is 22.2. The first-order chi connectivity index (χ1) is 15.5. The van der Waals surface area contributed by atoms with Crippen LogP contribution in [0.15, 0.2) is 85.3 Å². The number of amides is 3. The van der Waals surface area contributed by atoms with E-state index >= 15 is 0 Å². The van der Waals surface area contributed by atoms with Crippen LogP contribution in [0, 0.1) is 5.82 Å². The number of nitrogens with zero attached hydrogens (tertiary/aromatic N) is 3. The van der Waals surface area contributed by atoms with Gasteiger partial charge in [0.1, 0.15) is 11.5 Å². The molecule has 3 aromatic carbocycles. The molecular weight excluding hydrogens is 411 g/mol. The highest BCUT2D eigenvalue weighted by Crippen LogP contribution is 2.30. The fraction of sp³-hybridized carbons (Fsp3) is 0. The SMILES string of the molecule is O=C(Nc1cccc(N2C(=O)c3ccccc3C2=O)c1)c1cncn1-c1ccc(F)cc1. The molecule has 156 valence electrons. The summed E-state index contributed by atoms with van der Waals surface area (Å²) in [5.74, 6) is -1.66. The number of rotatable bonds is 4. The fourth-order valence-electron chi connectivity index (χ4n) is 3.61. The highest BCUT2D eigenvalue weighted by Gasteiger charge is 2.36. The highest BCUT2D eigenvalue weighted by molar-refractivity contribution is 6.34. The first kappa shape index (κ1) is 19.4. The molecule has 1 N–H and O–H groups in total. The van der Waals surface area contributed by atoms with E-state index in [1.54, 1.807) is 48.5 Å². The average molecular weight is 426 g/mol. The molecule has 0 saturated heterocycles. The van der Waals surface area contributed by atoms with Crippen molar-refractivity contribution in [3.8, 4) is 5.69 Å². The van der Waals surface area contributed by atoms with Crippen molar-refractivity contribution in [2.45, 2.75) is 0 Å². The van der Waals surface area contributed by atoms with Crippen LogP contribution in [-0.2, 0) is 0 Å². The third-order valence-corrected chi connectivity index (χ3v) is 5.13. The topological polar surface area (TPSA) is 84.3 Å². The van der Waals surface area contributed by atoms with Gasteiger partial charge in [0.25, 0.3) is 17.7 Å². The lowest BCUT2D eigenvalue weighted by molar-refractivity contribution is 0.0925. The van der Waals surface area contributed by atoms with Gasteiger partial charge in [-0.3, -0.25) is 19.0 Å². The maximum atomic E-state index is 13.2. The zero-order valence-corrected chi connectivity index (χ0v) is 16.5. The Morgan fingerprint density at radius 1 is 0.844 bits per heavy atom. The molecule has 1 aromatic heterocycles. The van der Waals surface area contributed by atoms with Crippen LogP contribution < -0.4 is 10.2 Å². The highest BCUT2D eigenvalue weighted by atomic mass is 19.1. The van der Waals surface area contributed by atoms with Crippen molar-refractivity contribution in [1.29, 1.82) is 0 Å². The van der Waals surface area contributed by atoms with E-state index < -0.39 is 17.7 Å². The van der Waals surface area contributed by atoms with Crippen LogP contribution in [0.2, 0.25) is 0 Å². The molecule has 4 aromatic rings. The Kier molecular flexibility index (Phi) is 4.59. The van der Waals surface area contributed by atoms with Gasteiger partial charge in [0.05, 0.1) is 29.3 Å². The first-order valence-corrected chi connectivity index (χ1v) is 9.70. The van der Waals surface area contributed by atoms with Crippen molar-refractivity contribution in [2.24, 2.45) is 0 Å². The number of aromatic nitrogens is 2. The summed E-state index contributed by atoms with van der Waals surface area (Å²) in [7, 11) is 0. The molecule has 2 heterocycles. The van der Waals surface area contributed by atoms with Gasteiger partial charge in [-0.25, -0.2) is 14.3 Å². The van der Waals surface area contributed by atoms with Gasteiger partial charge in [-0.2, -0.15) is 0 Å². The molecule has 3 amide bonds. The van der Waals surface area contributed by atoms with Crippen LogP contribution >= 0.6 is 0 Å². The molecule has 0 saturated carbocycles. The number of hydrogen-bond acceptors (Lipinski definition) is 4. The molecule has 32 heavy (non-hydrogen) atoms. The minimum absolute atomic E-state index is 0.239. The van der Waals surface area contributed by atoms with E-state index in [1.807, 2.05) is 0 Å². The molecule has 0 radical (unpaired) electrons. The third kappa shape index (κ3) is 3.24. The summed E-state index contributed by atoms with van der Waals surface area (Å²) in [5.41, 5.74) is 2.25. The second-order valence-electron chi connectivity index (χ2n) is 7.12. The summed E-state index contributed by atoms with van der Waals surface area (Å²) < 4.78 is 14.8. The number of nitrogens with one attached hydrogen (secondary N) is 1. The van der Waals surface area contributed by atoms with Crippen molar-refractivity contribution in [3.63, 3.8) is 0 Å². The number of hydrogen-bond donors (Lipinski definition) is 1. The fourth-order valence-corrected chi connectivity index (χ4v) is 3.61. The Morgan fingerprint density at radius 2 is 1.53 bits per heavy atom. The Morgan fingerprint density at radius 3 is 2.22 bits per heavy atom. The third-order valence-electron chi connectivity index (χ3n) is 5.13. The summed E-state index contributed by atoms with van der Waals surface area (Å²) in [6, 6.07) is 18.8. The van der Waals surface area contributed by atoms with Crippen LogP contribution in [0.4, 0.5) is 15.8 Å². The van der Waals surface area contributed by atoms with Crippen molar-refractivity contribution < 1.29 is 18.8 Å². The van der Waals surface area contributed by atoms with Gasteiger partial charge in [-0.1, -0.05) is 18.2 Å². The Bertz CT molecular complexity index is 1340. The largest absolute Gasteiger partial charge is 0.321 e. The number of imidazole rings is 1. The second-order valence-corrected chi connectivity index (χ2v) is 7.12. The van der Waals surface area contributed by atoms with Gasteiger partial charge in [0.15, 0.2) is 0 Å². The predicted octanol–water partition coefficient (Wildman–Crippen LogP) is 4.06. The molecule has 0 bridgehead atoms. The van der Waals surface area contributed by atoms with E-state index in [0.29, 0.717) is 28.2 Å². The molecule has 0 atom stereocenters. The van der Waals surface area contributed by atoms with Crippen LogP contribution in [0.25, 0.3) is 5.69 Å². The van der Waals surface area contributed by atoms with E-state index in [0.717, 1.165) is 4.90 Å². The maximum absolute atomic E-state index is 13.2. The van der Waals surface area contributed by atoms with Crippen molar-refractivity contribution in [3.05, 3.63) is 108 Å². The number of halogens is 1. The van der Waals surface area contributed by atoms with Crippen LogP contribution in [0.5, 0.6) is 0 Å². The number of imide groups is 1. The van der Waals surface area contributed by atoms with Crippen LogP contribution in [0.1, 0.15) is 31.2 Å². The van der Waals surface area contributed by atoms with Crippen molar-refractivity contribution in [2.75, 3.05) is 10.2 Å². The van der Waals surface area contributed by atoms with Gasteiger partial charge < -0.3 is 5.32 Å². The monoisotopic (exact) mass is 426 g/mol. The molecular formula is C24H15FN4O3. The van der Waals surface area contributed by atoms with E-state index in [9.17, 15) is 18.8 Å². The van der Waals surface area contributed by atoms with Gasteiger partial charge in [-0.15, -0.1) is 0 Å². The summed E-state index contributed by atoms with van der Waals surface area (Å²) in [5, 5.41) is 2.76. The Labute approximate surface area is 181 Å². The van der Waals surface area contributed by atoms with Gasteiger partial charge in [-0.05, 0) is 54.6 Å². The number of benzene rings is 3. The molecule has 0 spiro atoms. The second kappa shape index (κ2) is 7.59. The Balaban J connectivity index is 1.41.